The molecule has 0 bridgehead atoms. The third-order valence-corrected chi connectivity index (χ3v) is 4.75. The van der Waals surface area contributed by atoms with Crippen LogP contribution in [0.4, 0.5) is 11.4 Å². The molecule has 0 spiro atoms. The molecule has 1 unspecified atom stereocenters. The molecule has 1 aliphatic rings. The van der Waals surface area contributed by atoms with Crippen LogP contribution >= 0.6 is 0 Å². The van der Waals surface area contributed by atoms with Crippen molar-refractivity contribution in [3.63, 3.8) is 0 Å². The number of hydrogen-bond donors (Lipinski definition) is 1. The van der Waals surface area contributed by atoms with Gasteiger partial charge in [-0.25, -0.2) is 4.68 Å². The summed E-state index contributed by atoms with van der Waals surface area (Å²) in [5.74, 6) is 0. The Morgan fingerprint density at radius 2 is 1.92 bits per heavy atom. The molecule has 0 amide bonds. The second-order valence-corrected chi connectivity index (χ2v) is 6.24. The molecule has 0 radical (unpaired) electrons. The highest BCUT2D eigenvalue weighted by Crippen LogP contribution is 2.36. The van der Waals surface area contributed by atoms with Crippen LogP contribution in [0.2, 0.25) is 0 Å². The zero-order valence-electron chi connectivity index (χ0n) is 13.8. The van der Waals surface area contributed by atoms with Crippen LogP contribution in [0.5, 0.6) is 0 Å². The molecule has 2 aromatic carbocycles. The van der Waals surface area contributed by atoms with Gasteiger partial charge in [0.15, 0.2) is 0 Å². The van der Waals surface area contributed by atoms with Gasteiger partial charge in [-0.05, 0) is 49.6 Å². The number of hydrogen-bond acceptors (Lipinski definition) is 4. The maximum Gasteiger partial charge on any atom is 0.105 e. The highest BCUT2D eigenvalue weighted by atomic mass is 15.4. The van der Waals surface area contributed by atoms with E-state index in [-0.39, 0.29) is 6.04 Å². The zero-order chi connectivity index (χ0) is 16.5. The van der Waals surface area contributed by atoms with Gasteiger partial charge in [-0.15, -0.1) is 5.10 Å². The van der Waals surface area contributed by atoms with E-state index in [1.54, 1.807) is 0 Å². The van der Waals surface area contributed by atoms with Gasteiger partial charge in [0.25, 0.3) is 0 Å². The van der Waals surface area contributed by atoms with Crippen LogP contribution < -0.4 is 10.6 Å². The molecule has 4 rings (SSSR count). The van der Waals surface area contributed by atoms with Crippen molar-refractivity contribution in [2.75, 3.05) is 17.2 Å². The molecule has 1 aromatic heterocycles. The molecule has 122 valence electrons. The fourth-order valence-corrected chi connectivity index (χ4v) is 3.42. The lowest BCUT2D eigenvalue weighted by Gasteiger charge is -2.35. The lowest BCUT2D eigenvalue weighted by atomic mass is 9.98. The summed E-state index contributed by atoms with van der Waals surface area (Å²) in [5.41, 5.74) is 11.5. The SMILES string of the molecule is CC(c1cn(-c2ccccc2)nn1)N1CCCc2c(N)cccc21. The van der Waals surface area contributed by atoms with E-state index < -0.39 is 0 Å². The van der Waals surface area contributed by atoms with Crippen molar-refractivity contribution in [3.8, 4) is 5.69 Å². The molecule has 24 heavy (non-hydrogen) atoms. The molecule has 1 aliphatic heterocycles. The highest BCUT2D eigenvalue weighted by Gasteiger charge is 2.25. The van der Waals surface area contributed by atoms with Gasteiger partial charge in [0.2, 0.25) is 0 Å². The van der Waals surface area contributed by atoms with Crippen LogP contribution in [0.3, 0.4) is 0 Å². The number of nitrogens with two attached hydrogens (primary N) is 1. The molecule has 0 saturated heterocycles. The van der Waals surface area contributed by atoms with Crippen molar-refractivity contribution in [1.82, 2.24) is 15.0 Å². The van der Waals surface area contributed by atoms with Crippen LogP contribution in [0.25, 0.3) is 5.69 Å². The van der Waals surface area contributed by atoms with Gasteiger partial charge >= 0.3 is 0 Å². The Labute approximate surface area is 141 Å². The molecule has 0 fully saturated rings. The first-order chi connectivity index (χ1) is 11.7. The lowest BCUT2D eigenvalue weighted by Crippen LogP contribution is -2.32. The Balaban J connectivity index is 1.65. The molecular weight excluding hydrogens is 298 g/mol. The normalized spacial score (nSPS) is 15.1. The van der Waals surface area contributed by atoms with Crippen molar-refractivity contribution in [2.24, 2.45) is 0 Å². The third-order valence-electron chi connectivity index (χ3n) is 4.75. The van der Waals surface area contributed by atoms with Gasteiger partial charge in [0.05, 0.1) is 17.9 Å². The standard InChI is InChI=1S/C19H21N5/c1-14(18-13-24(22-21-18)15-7-3-2-4-8-15)23-12-6-9-16-17(20)10-5-11-19(16)23/h2-5,7-8,10-11,13-14H,6,9,12,20H2,1H3. The zero-order valence-corrected chi connectivity index (χ0v) is 13.8. The molecule has 1 atom stereocenters. The predicted octanol–water partition coefficient (Wildman–Crippen LogP) is 3.36. The van der Waals surface area contributed by atoms with Crippen LogP contribution in [0.15, 0.2) is 54.7 Å². The maximum atomic E-state index is 6.16. The van der Waals surface area contributed by atoms with E-state index in [0.717, 1.165) is 36.5 Å². The van der Waals surface area contributed by atoms with Crippen molar-refractivity contribution in [3.05, 3.63) is 66.0 Å². The average Bonchev–Trinajstić information content (AvgIpc) is 3.12. The number of fused-ring (bicyclic) bond motifs is 1. The summed E-state index contributed by atoms with van der Waals surface area (Å²) in [7, 11) is 0. The second kappa shape index (κ2) is 6.00. The summed E-state index contributed by atoms with van der Waals surface area (Å²) in [6, 6.07) is 16.4. The van der Waals surface area contributed by atoms with Crippen LogP contribution in [-0.2, 0) is 6.42 Å². The molecular formula is C19H21N5. The molecule has 2 heterocycles. The van der Waals surface area contributed by atoms with Crippen LogP contribution in [-0.4, -0.2) is 21.5 Å². The molecule has 5 nitrogen and oxygen atoms in total. The average molecular weight is 319 g/mol. The quantitative estimate of drug-likeness (QED) is 0.752. The Morgan fingerprint density at radius 3 is 2.75 bits per heavy atom. The van der Waals surface area contributed by atoms with Crippen molar-refractivity contribution >= 4 is 11.4 Å². The van der Waals surface area contributed by atoms with E-state index in [1.807, 2.05) is 53.3 Å². The highest BCUT2D eigenvalue weighted by molar-refractivity contribution is 5.66. The minimum Gasteiger partial charge on any atom is -0.398 e. The van der Waals surface area contributed by atoms with E-state index in [1.165, 1.54) is 11.3 Å². The van der Waals surface area contributed by atoms with Gasteiger partial charge in [0.1, 0.15) is 5.69 Å². The molecule has 3 aromatic rings. The van der Waals surface area contributed by atoms with Crippen molar-refractivity contribution in [2.45, 2.75) is 25.8 Å². The third kappa shape index (κ3) is 2.52. The Bertz CT molecular complexity index is 840. The topological polar surface area (TPSA) is 60.0 Å². The van der Waals surface area contributed by atoms with Crippen molar-refractivity contribution in [1.29, 1.82) is 0 Å². The molecule has 0 saturated carbocycles. The molecule has 5 heteroatoms. The van der Waals surface area contributed by atoms with Crippen LogP contribution in [0, 0.1) is 0 Å². The summed E-state index contributed by atoms with van der Waals surface area (Å²) in [5, 5.41) is 8.69. The number of rotatable bonds is 3. The number of aromatic nitrogens is 3. The number of nitrogens with zero attached hydrogens (tertiary/aromatic N) is 4. The minimum absolute atomic E-state index is 0.156. The van der Waals surface area contributed by atoms with E-state index in [4.69, 9.17) is 5.73 Å². The number of nitrogen functional groups attached to an aromatic ring is 1. The van der Waals surface area contributed by atoms with Gasteiger partial charge in [-0.2, -0.15) is 0 Å². The number of para-hydroxylation sites is 1. The molecule has 0 aliphatic carbocycles. The second-order valence-electron chi connectivity index (χ2n) is 6.24. The van der Waals surface area contributed by atoms with E-state index >= 15 is 0 Å². The van der Waals surface area contributed by atoms with Gasteiger partial charge in [-0.1, -0.05) is 29.5 Å². The molecule has 2 N–H and O–H groups in total. The summed E-state index contributed by atoms with van der Waals surface area (Å²) in [6.07, 6.45) is 4.17. The van der Waals surface area contributed by atoms with E-state index in [9.17, 15) is 0 Å². The van der Waals surface area contributed by atoms with E-state index in [2.05, 4.69) is 28.2 Å². The fourth-order valence-electron chi connectivity index (χ4n) is 3.42. The Kier molecular flexibility index (Phi) is 3.69. The van der Waals surface area contributed by atoms with Crippen molar-refractivity contribution < 1.29 is 0 Å². The number of anilines is 2. The smallest absolute Gasteiger partial charge is 0.105 e. The first kappa shape index (κ1) is 14.8. The van der Waals surface area contributed by atoms with Gasteiger partial charge in [-0.3, -0.25) is 0 Å². The maximum absolute atomic E-state index is 6.16. The Morgan fingerprint density at radius 1 is 1.08 bits per heavy atom. The largest absolute Gasteiger partial charge is 0.398 e. The monoisotopic (exact) mass is 319 g/mol. The summed E-state index contributed by atoms with van der Waals surface area (Å²) in [4.78, 5) is 2.38. The van der Waals surface area contributed by atoms with E-state index in [0.29, 0.717) is 0 Å². The number of benzene rings is 2. The first-order valence-electron chi connectivity index (χ1n) is 8.36. The summed E-state index contributed by atoms with van der Waals surface area (Å²) >= 11 is 0. The fraction of sp³-hybridized carbons (Fsp3) is 0.263. The van der Waals surface area contributed by atoms with Crippen LogP contribution in [0.1, 0.15) is 30.6 Å². The summed E-state index contributed by atoms with van der Waals surface area (Å²) < 4.78 is 1.83. The minimum atomic E-state index is 0.156. The van der Waals surface area contributed by atoms with Gasteiger partial charge in [0, 0.05) is 17.9 Å². The Hall–Kier alpha value is -2.82. The van der Waals surface area contributed by atoms with Gasteiger partial charge < -0.3 is 10.6 Å². The lowest BCUT2D eigenvalue weighted by molar-refractivity contribution is 0.604. The predicted molar refractivity (Wildman–Crippen MR) is 96.3 cm³/mol. The summed E-state index contributed by atoms with van der Waals surface area (Å²) in [6.45, 7) is 3.19. The first-order valence-corrected chi connectivity index (χ1v) is 8.36.